The monoisotopic (exact) mass is 498 g/mol. The maximum absolute atomic E-state index is 12.7. The minimum atomic E-state index is -4.85. The van der Waals surface area contributed by atoms with Crippen LogP contribution >= 0.6 is 0 Å². The van der Waals surface area contributed by atoms with Gasteiger partial charge in [0.1, 0.15) is 4.90 Å². The van der Waals surface area contributed by atoms with Crippen LogP contribution in [0.5, 0.6) is 0 Å². The van der Waals surface area contributed by atoms with Gasteiger partial charge in [0.2, 0.25) is 0 Å². The van der Waals surface area contributed by atoms with Crippen molar-refractivity contribution in [2.45, 2.75) is 14.7 Å². The van der Waals surface area contributed by atoms with Gasteiger partial charge in [0.05, 0.1) is 21.2 Å². The van der Waals surface area contributed by atoms with E-state index in [2.05, 4.69) is 4.72 Å². The highest BCUT2D eigenvalue weighted by Crippen LogP contribution is 2.29. The van der Waals surface area contributed by atoms with E-state index >= 15 is 0 Å². The van der Waals surface area contributed by atoms with E-state index in [1.165, 1.54) is 48.5 Å². The summed E-state index contributed by atoms with van der Waals surface area (Å²) in [5.41, 5.74) is 11.0. The van der Waals surface area contributed by atoms with Crippen LogP contribution in [0.2, 0.25) is 0 Å². The fourth-order valence-electron chi connectivity index (χ4n) is 2.61. The van der Waals surface area contributed by atoms with E-state index in [1.807, 2.05) is 4.72 Å². The molecule has 0 aliphatic rings. The highest BCUT2D eigenvalue weighted by atomic mass is 32.2. The van der Waals surface area contributed by atoms with Gasteiger partial charge in [-0.3, -0.25) is 14.0 Å². The molecule has 0 heterocycles. The van der Waals surface area contributed by atoms with Crippen LogP contribution in [0.3, 0.4) is 0 Å². The summed E-state index contributed by atoms with van der Waals surface area (Å²) in [5.74, 6) is 0. The van der Waals surface area contributed by atoms with Gasteiger partial charge in [0, 0.05) is 11.4 Å². The molecule has 11 nitrogen and oxygen atoms in total. The van der Waals surface area contributed by atoms with Gasteiger partial charge in [0.15, 0.2) is 0 Å². The largest absolute Gasteiger partial charge is 0.399 e. The number of benzene rings is 3. The minimum Gasteiger partial charge on any atom is -0.399 e. The van der Waals surface area contributed by atoms with Crippen LogP contribution in [0.25, 0.3) is 0 Å². The first-order valence-corrected chi connectivity index (χ1v) is 13.1. The van der Waals surface area contributed by atoms with Crippen molar-refractivity contribution in [2.75, 3.05) is 20.9 Å². The molecule has 7 N–H and O–H groups in total. The Balaban J connectivity index is 2.02. The molecule has 0 saturated heterocycles. The number of hydrogen-bond acceptors (Lipinski definition) is 8. The van der Waals surface area contributed by atoms with E-state index in [4.69, 9.17) is 11.5 Å². The normalized spacial score (nSPS) is 12.3. The van der Waals surface area contributed by atoms with E-state index in [9.17, 15) is 29.8 Å². The second-order valence-electron chi connectivity index (χ2n) is 6.54. The zero-order valence-electron chi connectivity index (χ0n) is 16.1. The van der Waals surface area contributed by atoms with Gasteiger partial charge in [0.25, 0.3) is 30.2 Å². The molecule has 0 fully saturated rings. The molecule has 0 aliphatic heterocycles. The van der Waals surface area contributed by atoms with Gasteiger partial charge in [-0.25, -0.2) is 16.8 Å². The number of rotatable bonds is 7. The zero-order valence-corrected chi connectivity index (χ0v) is 18.6. The smallest absolute Gasteiger partial charge is 0.296 e. The van der Waals surface area contributed by atoms with Gasteiger partial charge in [-0.1, -0.05) is 0 Å². The van der Waals surface area contributed by atoms with Crippen molar-refractivity contribution in [1.82, 2.24) is 0 Å². The van der Waals surface area contributed by atoms with Gasteiger partial charge in [-0.2, -0.15) is 8.42 Å². The summed E-state index contributed by atoms with van der Waals surface area (Å²) in [6.07, 6.45) is 0. The lowest BCUT2D eigenvalue weighted by Crippen LogP contribution is -2.17. The van der Waals surface area contributed by atoms with Crippen LogP contribution in [0.1, 0.15) is 0 Å². The van der Waals surface area contributed by atoms with Crippen molar-refractivity contribution in [3.63, 3.8) is 0 Å². The molecule has 0 aliphatic carbocycles. The molecule has 0 atom stereocenters. The summed E-state index contributed by atoms with van der Waals surface area (Å²) in [7, 11) is -13.3. The van der Waals surface area contributed by atoms with Crippen LogP contribution in [-0.4, -0.2) is 29.8 Å². The average molecular weight is 499 g/mol. The van der Waals surface area contributed by atoms with Crippen LogP contribution in [0, 0.1) is 0 Å². The maximum atomic E-state index is 12.7. The first-order chi connectivity index (χ1) is 14.8. The predicted octanol–water partition coefficient (Wildman–Crippen LogP) is 1.70. The van der Waals surface area contributed by atoms with Crippen molar-refractivity contribution < 1.29 is 29.8 Å². The molecule has 3 aromatic carbocycles. The molecule has 0 aromatic heterocycles. The standard InChI is InChI=1S/C18H18N4O7S3/c19-12-1-6-15(7-2-12)30(23,24)21-14-5-10-18(32(27,28)29)17(11-14)22-31(25,26)16-8-3-13(20)4-9-16/h1-11,21-22H,19-20H2,(H,27,28,29). The van der Waals surface area contributed by atoms with Crippen LogP contribution in [-0.2, 0) is 30.2 Å². The lowest BCUT2D eigenvalue weighted by atomic mass is 10.3. The molecule has 170 valence electrons. The molecule has 3 rings (SSSR count). The van der Waals surface area contributed by atoms with Crippen LogP contribution in [0.15, 0.2) is 81.4 Å². The Hall–Kier alpha value is -3.33. The van der Waals surface area contributed by atoms with Gasteiger partial charge in [-0.05, 0) is 66.7 Å². The Labute approximate surface area is 184 Å². The SMILES string of the molecule is Nc1ccc(S(=O)(=O)Nc2ccc(S(=O)(=O)O)c(NS(=O)(=O)c3ccc(N)cc3)c2)cc1. The summed E-state index contributed by atoms with van der Waals surface area (Å²) >= 11 is 0. The number of sulfonamides is 2. The molecule has 0 saturated carbocycles. The quantitative estimate of drug-likeness (QED) is 0.237. The Morgan fingerprint density at radius 2 is 1.06 bits per heavy atom. The Bertz CT molecular complexity index is 1470. The maximum Gasteiger partial charge on any atom is 0.296 e. The van der Waals surface area contributed by atoms with E-state index in [1.54, 1.807) is 0 Å². The van der Waals surface area contributed by atoms with Crippen molar-refractivity contribution in [3.8, 4) is 0 Å². The third-order valence-corrected chi connectivity index (χ3v) is 7.83. The second kappa shape index (κ2) is 8.31. The van der Waals surface area contributed by atoms with Crippen molar-refractivity contribution in [2.24, 2.45) is 0 Å². The number of nitrogens with two attached hydrogens (primary N) is 2. The fraction of sp³-hybridized carbons (Fsp3) is 0. The highest BCUT2D eigenvalue weighted by molar-refractivity contribution is 7.93. The van der Waals surface area contributed by atoms with Gasteiger partial charge < -0.3 is 11.5 Å². The summed E-state index contributed by atoms with van der Waals surface area (Å²) in [4.78, 5) is -1.14. The number of hydrogen-bond donors (Lipinski definition) is 5. The molecular formula is C18H18N4O7S3. The Kier molecular flexibility index (Phi) is 6.06. The number of anilines is 4. The van der Waals surface area contributed by atoms with Gasteiger partial charge >= 0.3 is 0 Å². The Morgan fingerprint density at radius 1 is 0.625 bits per heavy atom. The molecule has 0 radical (unpaired) electrons. The molecule has 0 spiro atoms. The summed E-state index contributed by atoms with van der Waals surface area (Å²) < 4.78 is 87.6. The molecule has 0 unspecified atom stereocenters. The summed E-state index contributed by atoms with van der Waals surface area (Å²) in [6, 6.07) is 13.2. The van der Waals surface area contributed by atoms with E-state index < -0.39 is 40.7 Å². The van der Waals surface area contributed by atoms with Crippen molar-refractivity contribution in [3.05, 3.63) is 66.7 Å². The van der Waals surface area contributed by atoms with Crippen molar-refractivity contribution in [1.29, 1.82) is 0 Å². The molecule has 3 aromatic rings. The molecular weight excluding hydrogens is 480 g/mol. The van der Waals surface area contributed by atoms with Gasteiger partial charge in [-0.15, -0.1) is 0 Å². The minimum absolute atomic E-state index is 0.130. The topological polar surface area (TPSA) is 199 Å². The third-order valence-electron chi connectivity index (χ3n) is 4.13. The number of nitrogen functional groups attached to an aromatic ring is 2. The fourth-order valence-corrected chi connectivity index (χ4v) is 5.42. The summed E-state index contributed by atoms with van der Waals surface area (Å²) in [5, 5.41) is 0. The summed E-state index contributed by atoms with van der Waals surface area (Å²) in [6.45, 7) is 0. The van der Waals surface area contributed by atoms with E-state index in [0.717, 1.165) is 18.2 Å². The van der Waals surface area contributed by atoms with Crippen molar-refractivity contribution >= 4 is 52.9 Å². The third kappa shape index (κ3) is 5.28. The molecule has 32 heavy (non-hydrogen) atoms. The first kappa shape index (κ1) is 23.3. The molecule has 14 heteroatoms. The lowest BCUT2D eigenvalue weighted by molar-refractivity contribution is 0.483. The van der Waals surface area contributed by atoms with Crippen LogP contribution < -0.4 is 20.9 Å². The van der Waals surface area contributed by atoms with Crippen LogP contribution in [0.4, 0.5) is 22.7 Å². The Morgan fingerprint density at radius 3 is 1.50 bits per heavy atom. The van der Waals surface area contributed by atoms with E-state index in [-0.39, 0.29) is 15.5 Å². The highest BCUT2D eigenvalue weighted by Gasteiger charge is 2.23. The molecule has 0 amide bonds. The zero-order chi connectivity index (χ0) is 23.7. The average Bonchev–Trinajstić information content (AvgIpc) is 2.67. The van der Waals surface area contributed by atoms with E-state index in [0.29, 0.717) is 11.4 Å². The lowest BCUT2D eigenvalue weighted by Gasteiger charge is -2.14. The predicted molar refractivity (Wildman–Crippen MR) is 120 cm³/mol. The second-order valence-corrected chi connectivity index (χ2v) is 11.3. The molecule has 0 bridgehead atoms. The first-order valence-electron chi connectivity index (χ1n) is 8.66. The number of nitrogens with one attached hydrogen (secondary N) is 2.